The van der Waals surface area contributed by atoms with E-state index >= 15 is 0 Å². The molecule has 0 saturated heterocycles. The molecule has 2 atom stereocenters. The lowest BCUT2D eigenvalue weighted by Crippen LogP contribution is -2.48. The molecule has 0 amide bonds. The topological polar surface area (TPSA) is 52.9 Å². The SMILES string of the molecule is CC(C)[C@H](C#N)N[S@@](=O)C(F)(F)C(F)(F)Cl. The van der Waals surface area contributed by atoms with Gasteiger partial charge in [-0.15, -0.1) is 0 Å². The first-order chi connectivity index (χ1) is 7.04. The summed E-state index contributed by atoms with van der Waals surface area (Å²) in [5.41, 5.74) is 0. The van der Waals surface area contributed by atoms with Gasteiger partial charge in [0.15, 0.2) is 11.0 Å². The molecule has 16 heavy (non-hydrogen) atoms. The van der Waals surface area contributed by atoms with Gasteiger partial charge in [-0.2, -0.15) is 22.8 Å². The molecule has 0 rings (SSSR count). The summed E-state index contributed by atoms with van der Waals surface area (Å²) in [5.74, 6) is -0.464. The first kappa shape index (κ1) is 15.6. The Morgan fingerprint density at radius 2 is 1.81 bits per heavy atom. The predicted molar refractivity (Wildman–Crippen MR) is 51.3 cm³/mol. The van der Waals surface area contributed by atoms with E-state index in [4.69, 9.17) is 5.26 Å². The van der Waals surface area contributed by atoms with Crippen LogP contribution in [0.25, 0.3) is 0 Å². The highest BCUT2D eigenvalue weighted by Crippen LogP contribution is 2.39. The summed E-state index contributed by atoms with van der Waals surface area (Å²) in [6, 6.07) is 0.300. The van der Waals surface area contributed by atoms with E-state index in [0.717, 1.165) is 0 Å². The fourth-order valence-corrected chi connectivity index (χ4v) is 1.73. The van der Waals surface area contributed by atoms with Gasteiger partial charge in [0.25, 0.3) is 0 Å². The molecule has 0 saturated carbocycles. The Hall–Kier alpha value is -0.390. The van der Waals surface area contributed by atoms with Crippen molar-refractivity contribution in [3.05, 3.63) is 0 Å². The molecule has 94 valence electrons. The Morgan fingerprint density at radius 3 is 2.06 bits per heavy atom. The van der Waals surface area contributed by atoms with E-state index in [-0.39, 0.29) is 0 Å². The fourth-order valence-electron chi connectivity index (χ4n) is 0.606. The van der Waals surface area contributed by atoms with Crippen LogP contribution in [0.3, 0.4) is 0 Å². The molecule has 0 aliphatic heterocycles. The molecular weight excluding hydrogens is 272 g/mol. The van der Waals surface area contributed by atoms with Crippen molar-refractivity contribution in [3.8, 4) is 6.07 Å². The van der Waals surface area contributed by atoms with E-state index in [9.17, 15) is 21.8 Å². The number of halogens is 5. The monoisotopic (exact) mass is 280 g/mol. The van der Waals surface area contributed by atoms with Crippen LogP contribution in [0, 0.1) is 17.2 Å². The summed E-state index contributed by atoms with van der Waals surface area (Å²) >= 11 is 4.13. The zero-order valence-electron chi connectivity index (χ0n) is 8.31. The van der Waals surface area contributed by atoms with Gasteiger partial charge in [-0.05, 0) is 17.5 Å². The maximum atomic E-state index is 12.7. The predicted octanol–water partition coefficient (Wildman–Crippen LogP) is 2.21. The number of nitriles is 1. The second-order valence-corrected chi connectivity index (χ2v) is 5.01. The highest BCUT2D eigenvalue weighted by molar-refractivity contribution is 7.84. The molecule has 0 aliphatic rings. The van der Waals surface area contributed by atoms with Crippen molar-refractivity contribution in [1.29, 1.82) is 5.26 Å². The molecule has 0 aliphatic carbocycles. The number of rotatable bonds is 5. The zero-order chi connectivity index (χ0) is 13.1. The second kappa shape index (κ2) is 5.29. The molecule has 0 aromatic carbocycles. The van der Waals surface area contributed by atoms with Crippen LogP contribution in [-0.2, 0) is 11.0 Å². The lowest BCUT2D eigenvalue weighted by Gasteiger charge is -2.22. The third-order valence-corrected chi connectivity index (χ3v) is 3.14. The normalized spacial score (nSPS) is 16.9. The Bertz CT molecular complexity index is 312. The first-order valence-electron chi connectivity index (χ1n) is 4.06. The minimum Gasteiger partial charge on any atom is -0.236 e. The van der Waals surface area contributed by atoms with Crippen LogP contribution in [0.15, 0.2) is 0 Å². The molecule has 0 heterocycles. The summed E-state index contributed by atoms with van der Waals surface area (Å²) < 4.78 is 62.4. The Kier molecular flexibility index (Phi) is 5.16. The molecule has 0 fully saturated rings. The summed E-state index contributed by atoms with van der Waals surface area (Å²) in [7, 11) is -3.44. The number of nitrogens with one attached hydrogen (secondary N) is 1. The lowest BCUT2D eigenvalue weighted by atomic mass is 10.1. The molecule has 0 unspecified atom stereocenters. The van der Waals surface area contributed by atoms with Crippen molar-refractivity contribution in [2.75, 3.05) is 0 Å². The number of nitrogens with zero attached hydrogens (tertiary/aromatic N) is 1. The molecule has 9 heteroatoms. The second-order valence-electron chi connectivity index (χ2n) is 3.25. The van der Waals surface area contributed by atoms with Gasteiger partial charge >= 0.3 is 10.6 Å². The molecule has 3 nitrogen and oxygen atoms in total. The standard InChI is InChI=1S/C7H9ClF4N2OS/c1-4(2)5(3-13)14-16(15)7(11,12)6(8,9)10/h4-5,14H,1-2H3/t5-,16-/m0/s1. The van der Waals surface area contributed by atoms with Crippen molar-refractivity contribution >= 4 is 22.6 Å². The van der Waals surface area contributed by atoms with Crippen molar-refractivity contribution in [1.82, 2.24) is 4.72 Å². The molecular formula is C7H9ClF4N2OS. The average molecular weight is 281 g/mol. The van der Waals surface area contributed by atoms with Crippen molar-refractivity contribution in [2.45, 2.75) is 30.5 Å². The van der Waals surface area contributed by atoms with Crippen LogP contribution >= 0.6 is 11.6 Å². The van der Waals surface area contributed by atoms with Gasteiger partial charge in [-0.1, -0.05) is 13.8 Å². The number of hydrogen-bond acceptors (Lipinski definition) is 2. The first-order valence-corrected chi connectivity index (χ1v) is 5.59. The Labute approximate surface area is 97.3 Å². The Balaban J connectivity index is 4.78. The summed E-state index contributed by atoms with van der Waals surface area (Å²) in [4.78, 5) is 0. The van der Waals surface area contributed by atoms with E-state index in [1.54, 1.807) is 4.72 Å². The smallest absolute Gasteiger partial charge is 0.236 e. The molecule has 0 bridgehead atoms. The van der Waals surface area contributed by atoms with Crippen molar-refractivity contribution < 1.29 is 21.8 Å². The summed E-state index contributed by atoms with van der Waals surface area (Å²) in [5, 5.41) is -1.39. The van der Waals surface area contributed by atoms with Gasteiger partial charge in [0.05, 0.1) is 6.07 Å². The maximum Gasteiger partial charge on any atom is 0.410 e. The summed E-state index contributed by atoms with van der Waals surface area (Å²) in [6.45, 7) is 2.96. The highest BCUT2D eigenvalue weighted by atomic mass is 35.5. The molecule has 0 aromatic rings. The third-order valence-electron chi connectivity index (χ3n) is 1.60. The van der Waals surface area contributed by atoms with Crippen LogP contribution in [0.2, 0.25) is 0 Å². The molecule has 0 spiro atoms. The van der Waals surface area contributed by atoms with E-state index < -0.39 is 33.6 Å². The fraction of sp³-hybridized carbons (Fsp3) is 0.857. The van der Waals surface area contributed by atoms with Crippen molar-refractivity contribution in [3.63, 3.8) is 0 Å². The quantitative estimate of drug-likeness (QED) is 0.620. The number of alkyl halides is 5. The van der Waals surface area contributed by atoms with Gasteiger partial charge < -0.3 is 0 Å². The van der Waals surface area contributed by atoms with Gasteiger partial charge in [-0.25, -0.2) is 8.93 Å². The van der Waals surface area contributed by atoms with E-state index in [1.165, 1.54) is 19.9 Å². The van der Waals surface area contributed by atoms with Crippen LogP contribution in [0.4, 0.5) is 17.6 Å². The minimum absolute atomic E-state index is 0.464. The number of hydrogen-bond donors (Lipinski definition) is 1. The van der Waals surface area contributed by atoms with Gasteiger partial charge in [0.1, 0.15) is 6.04 Å². The van der Waals surface area contributed by atoms with Crippen LogP contribution in [-0.4, -0.2) is 20.9 Å². The van der Waals surface area contributed by atoms with E-state index in [2.05, 4.69) is 11.6 Å². The van der Waals surface area contributed by atoms with Crippen LogP contribution in [0.5, 0.6) is 0 Å². The van der Waals surface area contributed by atoms with Gasteiger partial charge in [0.2, 0.25) is 0 Å². The zero-order valence-corrected chi connectivity index (χ0v) is 9.88. The maximum absolute atomic E-state index is 12.7. The van der Waals surface area contributed by atoms with Crippen LogP contribution < -0.4 is 4.72 Å². The molecule has 0 aromatic heterocycles. The third kappa shape index (κ3) is 3.57. The van der Waals surface area contributed by atoms with Gasteiger partial charge in [-0.3, -0.25) is 0 Å². The van der Waals surface area contributed by atoms with E-state index in [0.29, 0.717) is 0 Å². The largest absolute Gasteiger partial charge is 0.410 e. The average Bonchev–Trinajstić information content (AvgIpc) is 2.11. The van der Waals surface area contributed by atoms with E-state index in [1.807, 2.05) is 0 Å². The summed E-state index contributed by atoms with van der Waals surface area (Å²) in [6.07, 6.45) is 0. The van der Waals surface area contributed by atoms with Crippen LogP contribution in [0.1, 0.15) is 13.8 Å². The highest BCUT2D eigenvalue weighted by Gasteiger charge is 2.60. The molecule has 1 N–H and O–H groups in total. The minimum atomic E-state index is -4.95. The molecule has 0 radical (unpaired) electrons. The van der Waals surface area contributed by atoms with Gasteiger partial charge in [0, 0.05) is 0 Å². The lowest BCUT2D eigenvalue weighted by molar-refractivity contribution is -0.0939. The van der Waals surface area contributed by atoms with Crippen molar-refractivity contribution in [2.24, 2.45) is 5.92 Å². The Morgan fingerprint density at radius 1 is 1.38 bits per heavy atom.